The Morgan fingerprint density at radius 3 is 2.94 bits per heavy atom. The minimum absolute atomic E-state index is 0.0594. The monoisotopic (exact) mass is 293 g/mol. The van der Waals surface area contributed by atoms with Crippen LogP contribution in [0.5, 0.6) is 0 Å². The maximum Gasteiger partial charge on any atom is 0.108 e. The summed E-state index contributed by atoms with van der Waals surface area (Å²) in [5.41, 5.74) is 7.33. The molecule has 1 unspecified atom stereocenters. The van der Waals surface area contributed by atoms with E-state index in [2.05, 4.69) is 33.0 Å². The maximum absolute atomic E-state index is 6.17. The Kier molecular flexibility index (Phi) is 3.97. The lowest BCUT2D eigenvalue weighted by atomic mass is 10.0. The zero-order valence-corrected chi connectivity index (χ0v) is 11.4. The lowest BCUT2D eigenvalue weighted by Gasteiger charge is -2.12. The number of nitrogens with zero attached hydrogens (tertiary/aromatic N) is 2. The van der Waals surface area contributed by atoms with E-state index in [1.807, 2.05) is 36.1 Å². The topological polar surface area (TPSA) is 43.8 Å². The normalized spacial score (nSPS) is 12.6. The number of imidazole rings is 1. The van der Waals surface area contributed by atoms with Crippen molar-refractivity contribution in [3.05, 3.63) is 52.5 Å². The first-order valence-corrected chi connectivity index (χ1v) is 6.43. The SMILES string of the molecule is Cn1ccnc1CCC(N)c1cccc(Br)c1. The lowest BCUT2D eigenvalue weighted by molar-refractivity contribution is 0.620. The number of hydrogen-bond donors (Lipinski definition) is 1. The minimum Gasteiger partial charge on any atom is -0.338 e. The third kappa shape index (κ3) is 3.17. The van der Waals surface area contributed by atoms with Crippen LogP contribution >= 0.6 is 15.9 Å². The fourth-order valence-corrected chi connectivity index (χ4v) is 2.24. The number of nitrogens with two attached hydrogens (primary N) is 1. The van der Waals surface area contributed by atoms with E-state index >= 15 is 0 Å². The molecule has 1 aromatic heterocycles. The summed E-state index contributed by atoms with van der Waals surface area (Å²) >= 11 is 3.46. The molecule has 0 amide bonds. The van der Waals surface area contributed by atoms with Crippen molar-refractivity contribution in [2.75, 3.05) is 0 Å². The third-order valence-corrected chi connectivity index (χ3v) is 3.37. The molecule has 0 fully saturated rings. The highest BCUT2D eigenvalue weighted by atomic mass is 79.9. The van der Waals surface area contributed by atoms with Gasteiger partial charge in [-0.25, -0.2) is 4.98 Å². The second kappa shape index (κ2) is 5.47. The molecule has 0 spiro atoms. The minimum atomic E-state index is 0.0594. The number of rotatable bonds is 4. The van der Waals surface area contributed by atoms with Crippen LogP contribution in [0.1, 0.15) is 23.9 Å². The molecule has 0 aliphatic rings. The van der Waals surface area contributed by atoms with Gasteiger partial charge in [-0.05, 0) is 24.1 Å². The summed E-state index contributed by atoms with van der Waals surface area (Å²) < 4.78 is 3.11. The van der Waals surface area contributed by atoms with Gasteiger partial charge in [0.2, 0.25) is 0 Å². The Morgan fingerprint density at radius 1 is 1.47 bits per heavy atom. The van der Waals surface area contributed by atoms with E-state index in [9.17, 15) is 0 Å². The van der Waals surface area contributed by atoms with Crippen LogP contribution in [0.2, 0.25) is 0 Å². The predicted octanol–water partition coefficient (Wildman–Crippen LogP) is 2.82. The summed E-state index contributed by atoms with van der Waals surface area (Å²) in [6.07, 6.45) is 5.58. The average molecular weight is 294 g/mol. The van der Waals surface area contributed by atoms with Crippen LogP contribution in [-0.4, -0.2) is 9.55 Å². The zero-order valence-electron chi connectivity index (χ0n) is 9.81. The molecule has 17 heavy (non-hydrogen) atoms. The molecule has 0 saturated carbocycles. The molecule has 1 aromatic carbocycles. The highest BCUT2D eigenvalue weighted by Crippen LogP contribution is 2.20. The third-order valence-electron chi connectivity index (χ3n) is 2.88. The molecule has 2 rings (SSSR count). The van der Waals surface area contributed by atoms with Crippen molar-refractivity contribution >= 4 is 15.9 Å². The van der Waals surface area contributed by atoms with E-state index in [1.54, 1.807) is 0 Å². The predicted molar refractivity (Wildman–Crippen MR) is 72.6 cm³/mol. The highest BCUT2D eigenvalue weighted by Gasteiger charge is 2.08. The fourth-order valence-electron chi connectivity index (χ4n) is 1.83. The van der Waals surface area contributed by atoms with Gasteiger partial charge in [-0.3, -0.25) is 0 Å². The smallest absolute Gasteiger partial charge is 0.108 e. The molecule has 0 aliphatic heterocycles. The average Bonchev–Trinajstić information content (AvgIpc) is 2.72. The molecule has 2 aromatic rings. The van der Waals surface area contributed by atoms with Gasteiger partial charge in [-0.15, -0.1) is 0 Å². The fraction of sp³-hybridized carbons (Fsp3) is 0.308. The Labute approximate surface area is 110 Å². The molecular formula is C13H16BrN3. The standard InChI is InChI=1S/C13H16BrN3/c1-17-8-7-16-13(17)6-5-12(15)10-3-2-4-11(14)9-10/h2-4,7-9,12H,5-6,15H2,1H3. The van der Waals surface area contributed by atoms with Crippen molar-refractivity contribution in [2.24, 2.45) is 12.8 Å². The van der Waals surface area contributed by atoms with E-state index in [4.69, 9.17) is 5.73 Å². The molecule has 2 N–H and O–H groups in total. The number of aromatic nitrogens is 2. The van der Waals surface area contributed by atoms with Crippen molar-refractivity contribution < 1.29 is 0 Å². The molecule has 0 aliphatic carbocycles. The summed E-state index contributed by atoms with van der Waals surface area (Å²) in [4.78, 5) is 4.30. The molecule has 0 radical (unpaired) electrons. The van der Waals surface area contributed by atoms with Crippen LogP contribution < -0.4 is 5.73 Å². The first-order chi connectivity index (χ1) is 8.16. The van der Waals surface area contributed by atoms with Crippen molar-refractivity contribution in [1.82, 2.24) is 9.55 Å². The van der Waals surface area contributed by atoms with Gasteiger partial charge >= 0.3 is 0 Å². The molecule has 1 heterocycles. The van der Waals surface area contributed by atoms with Crippen LogP contribution in [-0.2, 0) is 13.5 Å². The van der Waals surface area contributed by atoms with Crippen LogP contribution in [0.25, 0.3) is 0 Å². The number of aryl methyl sites for hydroxylation is 2. The van der Waals surface area contributed by atoms with E-state index < -0.39 is 0 Å². The first-order valence-electron chi connectivity index (χ1n) is 5.64. The van der Waals surface area contributed by atoms with Gasteiger partial charge in [0.1, 0.15) is 5.82 Å². The zero-order chi connectivity index (χ0) is 12.3. The summed E-state index contributed by atoms with van der Waals surface area (Å²) in [6.45, 7) is 0. The second-order valence-corrected chi connectivity index (χ2v) is 5.07. The van der Waals surface area contributed by atoms with Crippen molar-refractivity contribution in [1.29, 1.82) is 0 Å². The largest absolute Gasteiger partial charge is 0.338 e. The van der Waals surface area contributed by atoms with E-state index in [0.29, 0.717) is 0 Å². The Hall–Kier alpha value is -1.13. The highest BCUT2D eigenvalue weighted by molar-refractivity contribution is 9.10. The maximum atomic E-state index is 6.17. The van der Waals surface area contributed by atoms with Gasteiger partial charge in [0.25, 0.3) is 0 Å². The molecule has 3 nitrogen and oxygen atoms in total. The van der Waals surface area contributed by atoms with E-state index in [0.717, 1.165) is 28.7 Å². The molecule has 1 atom stereocenters. The van der Waals surface area contributed by atoms with Crippen LogP contribution in [0.3, 0.4) is 0 Å². The van der Waals surface area contributed by atoms with Crippen LogP contribution in [0.15, 0.2) is 41.1 Å². The molecular weight excluding hydrogens is 278 g/mol. The van der Waals surface area contributed by atoms with Crippen LogP contribution in [0, 0.1) is 0 Å². The van der Waals surface area contributed by atoms with Crippen molar-refractivity contribution in [3.8, 4) is 0 Å². The van der Waals surface area contributed by atoms with Gasteiger partial charge in [0.15, 0.2) is 0 Å². The van der Waals surface area contributed by atoms with Gasteiger partial charge in [0, 0.05) is 36.4 Å². The quantitative estimate of drug-likeness (QED) is 0.942. The van der Waals surface area contributed by atoms with Gasteiger partial charge < -0.3 is 10.3 Å². The first kappa shape index (κ1) is 12.3. The van der Waals surface area contributed by atoms with Gasteiger partial charge in [-0.1, -0.05) is 28.1 Å². The molecule has 0 bridgehead atoms. The Morgan fingerprint density at radius 2 is 2.29 bits per heavy atom. The van der Waals surface area contributed by atoms with Gasteiger partial charge in [0.05, 0.1) is 0 Å². The Bertz CT molecular complexity index is 493. The number of benzene rings is 1. The number of halogens is 1. The van der Waals surface area contributed by atoms with Crippen molar-refractivity contribution in [3.63, 3.8) is 0 Å². The second-order valence-electron chi connectivity index (χ2n) is 4.15. The van der Waals surface area contributed by atoms with E-state index in [1.165, 1.54) is 0 Å². The van der Waals surface area contributed by atoms with Crippen molar-refractivity contribution in [2.45, 2.75) is 18.9 Å². The summed E-state index contributed by atoms with van der Waals surface area (Å²) in [7, 11) is 2.01. The lowest BCUT2D eigenvalue weighted by Crippen LogP contribution is -2.12. The summed E-state index contributed by atoms with van der Waals surface area (Å²) in [6, 6.07) is 8.22. The number of hydrogen-bond acceptors (Lipinski definition) is 2. The molecule has 4 heteroatoms. The summed E-state index contributed by atoms with van der Waals surface area (Å²) in [5, 5.41) is 0. The molecule has 90 valence electrons. The van der Waals surface area contributed by atoms with E-state index in [-0.39, 0.29) is 6.04 Å². The van der Waals surface area contributed by atoms with Gasteiger partial charge in [-0.2, -0.15) is 0 Å². The Balaban J connectivity index is 1.98. The molecule has 0 saturated heterocycles. The van der Waals surface area contributed by atoms with Crippen LogP contribution in [0.4, 0.5) is 0 Å². The summed E-state index contributed by atoms with van der Waals surface area (Å²) in [5.74, 6) is 1.08.